The fourth-order valence-corrected chi connectivity index (χ4v) is 0.972. The zero-order valence-corrected chi connectivity index (χ0v) is 9.52. The average Bonchev–Trinajstić information content (AvgIpc) is 1.97. The van der Waals surface area contributed by atoms with Gasteiger partial charge in [0.2, 0.25) is 0 Å². The van der Waals surface area contributed by atoms with E-state index in [-0.39, 0.29) is 12.1 Å². The first kappa shape index (κ1) is 12.0. The van der Waals surface area contributed by atoms with Crippen LogP contribution in [0.4, 0.5) is 8.78 Å². The third kappa shape index (κ3) is 4.13. The highest BCUT2D eigenvalue weighted by Crippen LogP contribution is 2.20. The Morgan fingerprint density at radius 2 is 2.08 bits per heavy atom. The van der Waals surface area contributed by atoms with E-state index in [4.69, 9.17) is 0 Å². The summed E-state index contributed by atoms with van der Waals surface area (Å²) in [6.45, 7) is 4.32. The van der Waals surface area contributed by atoms with Gasteiger partial charge in [0.15, 0.2) is 0 Å². The number of allylic oxidation sites excluding steroid dienone is 1. The number of aliphatic imine (C=N–C) groups is 1. The third-order valence-electron chi connectivity index (χ3n) is 1.32. The molecule has 0 aromatic rings. The van der Waals surface area contributed by atoms with Crippen molar-refractivity contribution in [2.24, 2.45) is 4.99 Å². The molecule has 0 aromatic heterocycles. The minimum absolute atomic E-state index is 0.0648. The molecule has 0 unspecified atom stereocenters. The molecule has 0 amide bonds. The first-order chi connectivity index (χ1) is 5.41. The molecule has 0 saturated heterocycles. The molecular formula is C8H12F2IN. The first-order valence-corrected chi connectivity index (χ1v) is 4.77. The molecule has 70 valence electrons. The van der Waals surface area contributed by atoms with Gasteiger partial charge in [-0.3, -0.25) is 0 Å². The van der Waals surface area contributed by atoms with Gasteiger partial charge in [-0.1, -0.05) is 13.0 Å². The van der Waals surface area contributed by atoms with Gasteiger partial charge in [-0.25, -0.2) is 13.8 Å². The third-order valence-corrected chi connectivity index (χ3v) is 2.19. The van der Waals surface area contributed by atoms with Crippen LogP contribution in [0.2, 0.25) is 0 Å². The maximum Gasteiger partial charge on any atom is 0.283 e. The second-order valence-electron chi connectivity index (χ2n) is 2.41. The lowest BCUT2D eigenvalue weighted by Gasteiger charge is -2.11. The summed E-state index contributed by atoms with van der Waals surface area (Å²) in [5.74, 6) is -2.80. The average molecular weight is 287 g/mol. The molecule has 1 nitrogen and oxygen atoms in total. The number of hydrogen-bond donors (Lipinski definition) is 0. The van der Waals surface area contributed by atoms with Crippen LogP contribution in [-0.2, 0) is 0 Å². The van der Waals surface area contributed by atoms with Crippen molar-refractivity contribution in [1.29, 1.82) is 0 Å². The summed E-state index contributed by atoms with van der Waals surface area (Å²) in [4.78, 5) is 3.80. The maximum absolute atomic E-state index is 12.7. The molecule has 0 saturated carbocycles. The van der Waals surface area contributed by atoms with E-state index in [1.165, 1.54) is 0 Å². The molecule has 0 bridgehead atoms. The van der Waals surface area contributed by atoms with E-state index in [9.17, 15) is 8.78 Å². The van der Waals surface area contributed by atoms with E-state index in [1.54, 1.807) is 19.9 Å². The molecule has 0 spiro atoms. The van der Waals surface area contributed by atoms with Gasteiger partial charge in [0.1, 0.15) is 0 Å². The lowest BCUT2D eigenvalue weighted by Crippen LogP contribution is -2.23. The highest BCUT2D eigenvalue weighted by atomic mass is 127. The van der Waals surface area contributed by atoms with Gasteiger partial charge in [-0.05, 0) is 35.9 Å². The maximum atomic E-state index is 12.7. The Labute approximate surface area is 85.1 Å². The van der Waals surface area contributed by atoms with Crippen molar-refractivity contribution in [3.63, 3.8) is 0 Å². The van der Waals surface area contributed by atoms with E-state index in [1.807, 2.05) is 22.6 Å². The SMILES string of the molecule is C/C=C(I)\N=C(/CC)C(C)(F)F. The van der Waals surface area contributed by atoms with Crippen LogP contribution in [0.5, 0.6) is 0 Å². The highest BCUT2D eigenvalue weighted by molar-refractivity contribution is 14.1. The summed E-state index contributed by atoms with van der Waals surface area (Å²) in [7, 11) is 0. The van der Waals surface area contributed by atoms with Crippen LogP contribution in [0, 0.1) is 0 Å². The second kappa shape index (κ2) is 4.89. The largest absolute Gasteiger partial charge is 0.283 e. The molecule has 0 aliphatic carbocycles. The summed E-state index contributed by atoms with van der Waals surface area (Å²) >= 11 is 1.92. The van der Waals surface area contributed by atoms with Crippen molar-refractivity contribution >= 4 is 28.3 Å². The Bertz CT molecular complexity index is 204. The van der Waals surface area contributed by atoms with Gasteiger partial charge in [0, 0.05) is 6.92 Å². The quantitative estimate of drug-likeness (QED) is 0.425. The highest BCUT2D eigenvalue weighted by Gasteiger charge is 2.27. The Balaban J connectivity index is 4.68. The Kier molecular flexibility index (Phi) is 4.89. The number of nitrogens with zero attached hydrogens (tertiary/aromatic N) is 1. The standard InChI is InChI=1S/C8H12F2IN/c1-4-6(8(3,9)10)12-7(11)5-2/h5H,4H2,1-3H3/b7-5-,12-6+. The Morgan fingerprint density at radius 3 is 2.33 bits per heavy atom. The van der Waals surface area contributed by atoms with Crippen LogP contribution in [0.15, 0.2) is 14.8 Å². The topological polar surface area (TPSA) is 12.4 Å². The van der Waals surface area contributed by atoms with Crippen molar-refractivity contribution < 1.29 is 8.78 Å². The molecule has 0 heterocycles. The van der Waals surface area contributed by atoms with Crippen LogP contribution in [0.1, 0.15) is 27.2 Å². The van der Waals surface area contributed by atoms with E-state index in [2.05, 4.69) is 4.99 Å². The van der Waals surface area contributed by atoms with Crippen molar-refractivity contribution in [2.75, 3.05) is 0 Å². The van der Waals surface area contributed by atoms with Crippen molar-refractivity contribution in [3.05, 3.63) is 9.78 Å². The number of alkyl halides is 2. The van der Waals surface area contributed by atoms with E-state index in [0.29, 0.717) is 3.70 Å². The summed E-state index contributed by atoms with van der Waals surface area (Å²) in [5.41, 5.74) is -0.0648. The molecule has 0 N–H and O–H groups in total. The zero-order chi connectivity index (χ0) is 9.78. The van der Waals surface area contributed by atoms with Crippen molar-refractivity contribution in [1.82, 2.24) is 0 Å². The lowest BCUT2D eigenvalue weighted by molar-refractivity contribution is 0.0983. The van der Waals surface area contributed by atoms with Crippen LogP contribution in [0.3, 0.4) is 0 Å². The minimum atomic E-state index is -2.80. The molecule has 0 rings (SSSR count). The van der Waals surface area contributed by atoms with Crippen LogP contribution in [-0.4, -0.2) is 11.6 Å². The van der Waals surface area contributed by atoms with Crippen molar-refractivity contribution in [2.45, 2.75) is 33.1 Å². The summed E-state index contributed by atoms with van der Waals surface area (Å²) < 4.78 is 26.0. The summed E-state index contributed by atoms with van der Waals surface area (Å²) in [6.07, 6.45) is 1.98. The fourth-order valence-electron chi connectivity index (χ4n) is 0.681. The molecule has 0 aliphatic rings. The Hall–Kier alpha value is -0.0000000000000000555. The molecular weight excluding hydrogens is 275 g/mol. The number of hydrogen-bond acceptors (Lipinski definition) is 1. The van der Waals surface area contributed by atoms with Gasteiger partial charge < -0.3 is 0 Å². The number of rotatable bonds is 3. The van der Waals surface area contributed by atoms with E-state index < -0.39 is 5.92 Å². The smallest absolute Gasteiger partial charge is 0.245 e. The van der Waals surface area contributed by atoms with Gasteiger partial charge in [-0.15, -0.1) is 0 Å². The molecule has 4 heteroatoms. The predicted octanol–water partition coefficient (Wildman–Crippen LogP) is 3.79. The minimum Gasteiger partial charge on any atom is -0.245 e. The summed E-state index contributed by atoms with van der Waals surface area (Å²) in [6, 6.07) is 0. The van der Waals surface area contributed by atoms with Crippen LogP contribution < -0.4 is 0 Å². The van der Waals surface area contributed by atoms with Crippen LogP contribution >= 0.6 is 22.6 Å². The van der Waals surface area contributed by atoms with Crippen LogP contribution in [0.25, 0.3) is 0 Å². The molecule has 0 aliphatic heterocycles. The van der Waals surface area contributed by atoms with Gasteiger partial charge in [0.25, 0.3) is 5.92 Å². The monoisotopic (exact) mass is 287 g/mol. The molecule has 0 fully saturated rings. The first-order valence-electron chi connectivity index (χ1n) is 3.69. The second-order valence-corrected chi connectivity index (χ2v) is 3.52. The normalized spacial score (nSPS) is 15.2. The Morgan fingerprint density at radius 1 is 1.58 bits per heavy atom. The zero-order valence-electron chi connectivity index (χ0n) is 7.37. The fraction of sp³-hybridized carbons (Fsp3) is 0.625. The number of halogens is 3. The van der Waals surface area contributed by atoms with E-state index >= 15 is 0 Å². The summed E-state index contributed by atoms with van der Waals surface area (Å²) in [5, 5.41) is 0. The molecule has 12 heavy (non-hydrogen) atoms. The molecule has 0 atom stereocenters. The van der Waals surface area contributed by atoms with Gasteiger partial charge in [-0.2, -0.15) is 0 Å². The lowest BCUT2D eigenvalue weighted by atomic mass is 10.2. The van der Waals surface area contributed by atoms with Gasteiger partial charge in [0.05, 0.1) is 9.42 Å². The van der Waals surface area contributed by atoms with Crippen molar-refractivity contribution in [3.8, 4) is 0 Å². The molecule has 0 radical (unpaired) electrons. The molecule has 0 aromatic carbocycles. The van der Waals surface area contributed by atoms with Gasteiger partial charge >= 0.3 is 0 Å². The van der Waals surface area contributed by atoms with E-state index in [0.717, 1.165) is 6.92 Å². The predicted molar refractivity (Wildman–Crippen MR) is 56.1 cm³/mol.